The normalized spacial score (nSPS) is 24.2. The van der Waals surface area contributed by atoms with Gasteiger partial charge in [0.2, 0.25) is 0 Å². The van der Waals surface area contributed by atoms with E-state index in [1.165, 1.54) is 18.5 Å². The molecule has 0 unspecified atom stereocenters. The maximum Gasteiger partial charge on any atom is 0.410 e. The van der Waals surface area contributed by atoms with Crippen molar-refractivity contribution in [1.29, 1.82) is 0 Å². The average Bonchev–Trinajstić information content (AvgIpc) is 3.29. The Hall–Kier alpha value is -1.56. The predicted molar refractivity (Wildman–Crippen MR) is 97.4 cm³/mol. The van der Waals surface area contributed by atoms with Crippen LogP contribution >= 0.6 is 0 Å². The number of hydrogen-bond acceptors (Lipinski definition) is 4. The van der Waals surface area contributed by atoms with Gasteiger partial charge in [0.15, 0.2) is 0 Å². The van der Waals surface area contributed by atoms with E-state index in [9.17, 15) is 4.79 Å². The molecule has 0 radical (unpaired) electrons. The highest BCUT2D eigenvalue weighted by molar-refractivity contribution is 5.68. The third kappa shape index (κ3) is 4.97. The quantitative estimate of drug-likeness (QED) is 0.885. The zero-order valence-electron chi connectivity index (χ0n) is 16.0. The van der Waals surface area contributed by atoms with Crippen LogP contribution in [0.2, 0.25) is 0 Å². The van der Waals surface area contributed by atoms with Crippen molar-refractivity contribution in [2.75, 3.05) is 7.05 Å². The first-order valence-corrected chi connectivity index (χ1v) is 9.53. The minimum atomic E-state index is -0.436. The fourth-order valence-electron chi connectivity index (χ4n) is 3.55. The van der Waals surface area contributed by atoms with Crippen LogP contribution in [-0.2, 0) is 11.3 Å². The largest absolute Gasteiger partial charge is 0.444 e. The number of rotatable bonds is 5. The average molecular weight is 348 g/mol. The molecule has 2 aliphatic carbocycles. The molecule has 1 aromatic rings. The van der Waals surface area contributed by atoms with Crippen molar-refractivity contribution in [2.24, 2.45) is 0 Å². The minimum absolute atomic E-state index is 0.211. The first-order chi connectivity index (χ1) is 11.8. The summed E-state index contributed by atoms with van der Waals surface area (Å²) in [4.78, 5) is 18.3. The van der Waals surface area contributed by atoms with Gasteiger partial charge in [0.1, 0.15) is 5.60 Å². The van der Waals surface area contributed by atoms with E-state index in [2.05, 4.69) is 14.9 Å². The van der Waals surface area contributed by atoms with E-state index in [1.807, 2.05) is 40.3 Å². The molecule has 2 saturated carbocycles. The van der Waals surface area contributed by atoms with Crippen molar-refractivity contribution in [2.45, 2.75) is 89.6 Å². The van der Waals surface area contributed by atoms with E-state index in [0.29, 0.717) is 12.1 Å². The Bertz CT molecular complexity index is 580. The first-order valence-electron chi connectivity index (χ1n) is 9.53. The fourth-order valence-corrected chi connectivity index (χ4v) is 3.55. The van der Waals surface area contributed by atoms with Crippen LogP contribution in [0.25, 0.3) is 0 Å². The van der Waals surface area contributed by atoms with Crippen LogP contribution in [0.15, 0.2) is 12.5 Å². The molecule has 0 aliphatic heterocycles. The van der Waals surface area contributed by atoms with Crippen molar-refractivity contribution < 1.29 is 9.53 Å². The van der Waals surface area contributed by atoms with Crippen LogP contribution < -0.4 is 5.32 Å². The molecule has 140 valence electrons. The Morgan fingerprint density at radius 2 is 1.96 bits per heavy atom. The Labute approximate surface area is 150 Å². The molecule has 3 rings (SSSR count). The number of hydrogen-bond donors (Lipinski definition) is 1. The van der Waals surface area contributed by atoms with Crippen molar-refractivity contribution >= 4 is 6.09 Å². The summed E-state index contributed by atoms with van der Waals surface area (Å²) >= 11 is 0. The number of aromatic nitrogens is 2. The van der Waals surface area contributed by atoms with E-state index in [4.69, 9.17) is 4.74 Å². The van der Waals surface area contributed by atoms with E-state index in [-0.39, 0.29) is 12.1 Å². The SMILES string of the molecule is CN(C(=O)OC(C)(C)C)C1CCC(NCc2cncn2C2CC2)CC1. The summed E-state index contributed by atoms with van der Waals surface area (Å²) in [5.74, 6) is 0. The van der Waals surface area contributed by atoms with Crippen LogP contribution in [0.1, 0.15) is 71.0 Å². The van der Waals surface area contributed by atoms with Gasteiger partial charge in [-0.25, -0.2) is 9.78 Å². The summed E-state index contributed by atoms with van der Waals surface area (Å²) in [7, 11) is 1.86. The number of nitrogens with one attached hydrogen (secondary N) is 1. The smallest absolute Gasteiger partial charge is 0.410 e. The molecule has 1 N–H and O–H groups in total. The zero-order valence-corrected chi connectivity index (χ0v) is 16.0. The van der Waals surface area contributed by atoms with E-state index < -0.39 is 5.60 Å². The van der Waals surface area contributed by atoms with Crippen LogP contribution in [0.4, 0.5) is 4.79 Å². The topological polar surface area (TPSA) is 59.4 Å². The molecule has 6 heteroatoms. The highest BCUT2D eigenvalue weighted by atomic mass is 16.6. The van der Waals surface area contributed by atoms with Gasteiger partial charge in [0.05, 0.1) is 12.0 Å². The van der Waals surface area contributed by atoms with Crippen LogP contribution in [-0.4, -0.2) is 45.3 Å². The summed E-state index contributed by atoms with van der Waals surface area (Å²) in [6.07, 6.45) is 10.5. The number of carbonyl (C=O) groups excluding carboxylic acids is 1. The highest BCUT2D eigenvalue weighted by Crippen LogP contribution is 2.35. The molecular formula is C19H32N4O2. The second kappa shape index (κ2) is 7.36. The molecule has 1 aromatic heterocycles. The summed E-state index contributed by atoms with van der Waals surface area (Å²) < 4.78 is 7.79. The summed E-state index contributed by atoms with van der Waals surface area (Å²) in [6.45, 7) is 6.61. The van der Waals surface area contributed by atoms with E-state index >= 15 is 0 Å². The van der Waals surface area contributed by atoms with Gasteiger partial charge in [0.25, 0.3) is 0 Å². The molecule has 0 spiro atoms. The van der Waals surface area contributed by atoms with Gasteiger partial charge in [-0.05, 0) is 59.3 Å². The summed E-state index contributed by atoms with van der Waals surface area (Å²) in [5.41, 5.74) is 0.852. The molecule has 25 heavy (non-hydrogen) atoms. The van der Waals surface area contributed by atoms with Gasteiger partial charge in [-0.1, -0.05) is 0 Å². The van der Waals surface area contributed by atoms with Gasteiger partial charge in [0, 0.05) is 37.9 Å². The molecule has 6 nitrogen and oxygen atoms in total. The van der Waals surface area contributed by atoms with Crippen molar-refractivity contribution in [3.05, 3.63) is 18.2 Å². The maximum atomic E-state index is 12.2. The first kappa shape index (κ1) is 18.2. The van der Waals surface area contributed by atoms with Crippen LogP contribution in [0.3, 0.4) is 0 Å². The zero-order chi connectivity index (χ0) is 18.0. The highest BCUT2D eigenvalue weighted by Gasteiger charge is 2.30. The van der Waals surface area contributed by atoms with Crippen molar-refractivity contribution in [3.63, 3.8) is 0 Å². The fraction of sp³-hybridized carbons (Fsp3) is 0.789. The van der Waals surface area contributed by atoms with Crippen LogP contribution in [0.5, 0.6) is 0 Å². The molecule has 1 heterocycles. The van der Waals surface area contributed by atoms with Crippen LogP contribution in [0, 0.1) is 0 Å². The van der Waals surface area contributed by atoms with Gasteiger partial charge < -0.3 is 19.5 Å². The number of amides is 1. The lowest BCUT2D eigenvalue weighted by Gasteiger charge is -2.35. The number of nitrogens with zero attached hydrogens (tertiary/aromatic N) is 3. The molecule has 0 atom stereocenters. The van der Waals surface area contributed by atoms with Gasteiger partial charge >= 0.3 is 6.09 Å². The second-order valence-electron chi connectivity index (χ2n) is 8.50. The lowest BCUT2D eigenvalue weighted by atomic mass is 9.90. The third-order valence-corrected chi connectivity index (χ3v) is 5.18. The Kier molecular flexibility index (Phi) is 5.37. The van der Waals surface area contributed by atoms with Crippen molar-refractivity contribution in [3.8, 4) is 0 Å². The molecule has 0 saturated heterocycles. The molecule has 2 fully saturated rings. The summed E-state index contributed by atoms with van der Waals surface area (Å²) in [6, 6.07) is 1.48. The van der Waals surface area contributed by atoms with Crippen molar-refractivity contribution in [1.82, 2.24) is 19.8 Å². The monoisotopic (exact) mass is 348 g/mol. The maximum absolute atomic E-state index is 12.2. The summed E-state index contributed by atoms with van der Waals surface area (Å²) in [5, 5.41) is 3.68. The lowest BCUT2D eigenvalue weighted by molar-refractivity contribution is 0.0179. The molecule has 1 amide bonds. The standard InChI is InChI=1S/C19H32N4O2/c1-19(2,3)25-18(24)22(4)15-7-5-14(6-8-15)21-12-17-11-20-13-23(17)16-9-10-16/h11,13-16,21H,5-10,12H2,1-4H3. The lowest BCUT2D eigenvalue weighted by Crippen LogP contribution is -2.45. The molecule has 0 bridgehead atoms. The number of ether oxygens (including phenoxy) is 1. The number of carbonyl (C=O) groups is 1. The molecule has 0 aromatic carbocycles. The Balaban J connectivity index is 1.42. The molecular weight excluding hydrogens is 316 g/mol. The number of imidazole rings is 1. The van der Waals surface area contributed by atoms with Gasteiger partial charge in [-0.2, -0.15) is 0 Å². The van der Waals surface area contributed by atoms with Gasteiger partial charge in [-0.3, -0.25) is 0 Å². The Morgan fingerprint density at radius 3 is 2.56 bits per heavy atom. The van der Waals surface area contributed by atoms with E-state index in [0.717, 1.165) is 32.2 Å². The van der Waals surface area contributed by atoms with Gasteiger partial charge in [-0.15, -0.1) is 0 Å². The minimum Gasteiger partial charge on any atom is -0.444 e. The molecule has 2 aliphatic rings. The van der Waals surface area contributed by atoms with E-state index in [1.54, 1.807) is 4.90 Å². The third-order valence-electron chi connectivity index (χ3n) is 5.18. The Morgan fingerprint density at radius 1 is 1.28 bits per heavy atom. The predicted octanol–water partition coefficient (Wildman–Crippen LogP) is 3.49. The second-order valence-corrected chi connectivity index (χ2v) is 8.50.